The highest BCUT2D eigenvalue weighted by Gasteiger charge is 2.29. The Kier molecular flexibility index (Phi) is 4.02. The molecule has 0 heterocycles. The van der Waals surface area contributed by atoms with E-state index in [1.807, 2.05) is 7.05 Å². The van der Waals surface area contributed by atoms with Crippen molar-refractivity contribution in [1.29, 1.82) is 0 Å². The molecular formula is C14H22N2O. The number of aliphatic hydroxyl groups is 1. The number of aliphatic hydroxyl groups excluding tert-OH is 1. The fraction of sp³-hybridized carbons (Fsp3) is 0.571. The summed E-state index contributed by atoms with van der Waals surface area (Å²) in [5.74, 6) is 0. The second kappa shape index (κ2) is 5.52. The van der Waals surface area contributed by atoms with Gasteiger partial charge in [-0.3, -0.25) is 0 Å². The summed E-state index contributed by atoms with van der Waals surface area (Å²) in [5.41, 5.74) is 3.90. The maximum absolute atomic E-state index is 9.15. The molecule has 0 spiro atoms. The summed E-state index contributed by atoms with van der Waals surface area (Å²) in [6, 6.07) is 7.25. The van der Waals surface area contributed by atoms with Crippen LogP contribution in [0.4, 0.5) is 5.69 Å². The van der Waals surface area contributed by atoms with Crippen molar-refractivity contribution in [2.75, 3.05) is 25.1 Å². The van der Waals surface area contributed by atoms with Gasteiger partial charge in [-0.1, -0.05) is 12.1 Å². The van der Waals surface area contributed by atoms with Crippen LogP contribution in [0.1, 0.15) is 24.0 Å². The molecule has 1 aromatic carbocycles. The lowest BCUT2D eigenvalue weighted by Crippen LogP contribution is -2.29. The van der Waals surface area contributed by atoms with Crippen LogP contribution in [-0.4, -0.2) is 31.3 Å². The van der Waals surface area contributed by atoms with Crippen LogP contribution >= 0.6 is 0 Å². The molecule has 2 rings (SSSR count). The molecule has 1 saturated carbocycles. The third-order valence-corrected chi connectivity index (χ3v) is 3.28. The van der Waals surface area contributed by atoms with Gasteiger partial charge in [-0.25, -0.2) is 0 Å². The molecule has 1 aliphatic carbocycles. The minimum absolute atomic E-state index is 0.230. The number of nitrogens with one attached hydrogen (secondary N) is 1. The van der Waals surface area contributed by atoms with Gasteiger partial charge < -0.3 is 15.3 Å². The third-order valence-electron chi connectivity index (χ3n) is 3.28. The van der Waals surface area contributed by atoms with Gasteiger partial charge in [-0.2, -0.15) is 0 Å². The second-order valence-electron chi connectivity index (χ2n) is 4.80. The van der Waals surface area contributed by atoms with Crippen LogP contribution in [-0.2, 0) is 6.54 Å². The van der Waals surface area contributed by atoms with Crippen molar-refractivity contribution in [1.82, 2.24) is 5.32 Å². The predicted octanol–water partition coefficient (Wildman–Crippen LogP) is 1.68. The molecule has 1 fully saturated rings. The van der Waals surface area contributed by atoms with Crippen molar-refractivity contribution in [2.24, 2.45) is 0 Å². The van der Waals surface area contributed by atoms with E-state index in [1.54, 1.807) is 0 Å². The number of rotatable bonds is 6. The molecule has 17 heavy (non-hydrogen) atoms. The average molecular weight is 234 g/mol. The normalized spacial score (nSPS) is 15.0. The monoisotopic (exact) mass is 234 g/mol. The van der Waals surface area contributed by atoms with Gasteiger partial charge in [0.05, 0.1) is 6.61 Å². The van der Waals surface area contributed by atoms with E-state index < -0.39 is 0 Å². The number of nitrogens with zero attached hydrogens (tertiary/aromatic N) is 1. The number of aryl methyl sites for hydroxylation is 1. The van der Waals surface area contributed by atoms with Gasteiger partial charge in [0.1, 0.15) is 0 Å². The topological polar surface area (TPSA) is 35.5 Å². The van der Waals surface area contributed by atoms with E-state index in [9.17, 15) is 0 Å². The lowest BCUT2D eigenvalue weighted by atomic mass is 10.1. The van der Waals surface area contributed by atoms with Crippen molar-refractivity contribution in [3.63, 3.8) is 0 Å². The standard InChI is InChI=1S/C14H22N2O/c1-11-9-12(10-15-2)3-6-14(11)16(7-8-17)13-4-5-13/h3,6,9,13,15,17H,4-5,7-8,10H2,1-2H3. The largest absolute Gasteiger partial charge is 0.395 e. The van der Waals surface area contributed by atoms with Crippen LogP contribution < -0.4 is 10.2 Å². The lowest BCUT2D eigenvalue weighted by Gasteiger charge is -2.26. The quantitative estimate of drug-likeness (QED) is 0.786. The van der Waals surface area contributed by atoms with Crippen molar-refractivity contribution in [3.8, 4) is 0 Å². The molecule has 0 bridgehead atoms. The summed E-state index contributed by atoms with van der Waals surface area (Å²) in [6.45, 7) is 4.04. The number of benzene rings is 1. The lowest BCUT2D eigenvalue weighted by molar-refractivity contribution is 0.301. The van der Waals surface area contributed by atoms with Crippen LogP contribution in [0.3, 0.4) is 0 Å². The van der Waals surface area contributed by atoms with Gasteiger partial charge in [-0.05, 0) is 44.0 Å². The summed E-state index contributed by atoms with van der Waals surface area (Å²) in [5, 5.41) is 12.3. The Morgan fingerprint density at radius 1 is 1.41 bits per heavy atom. The molecule has 3 heteroatoms. The van der Waals surface area contributed by atoms with E-state index in [4.69, 9.17) is 5.11 Å². The fourth-order valence-electron chi connectivity index (χ4n) is 2.35. The van der Waals surface area contributed by atoms with Crippen LogP contribution in [0.5, 0.6) is 0 Å². The molecule has 2 N–H and O–H groups in total. The van der Waals surface area contributed by atoms with Gasteiger partial charge >= 0.3 is 0 Å². The first-order valence-electron chi connectivity index (χ1n) is 6.38. The minimum atomic E-state index is 0.230. The van der Waals surface area contributed by atoms with Crippen LogP contribution in [0.15, 0.2) is 18.2 Å². The highest BCUT2D eigenvalue weighted by atomic mass is 16.3. The summed E-state index contributed by atoms with van der Waals surface area (Å²) in [4.78, 5) is 2.35. The Hall–Kier alpha value is -1.06. The van der Waals surface area contributed by atoms with Gasteiger partial charge in [0, 0.05) is 24.8 Å². The molecule has 1 aromatic rings. The first kappa shape index (κ1) is 12.4. The van der Waals surface area contributed by atoms with Crippen LogP contribution in [0, 0.1) is 6.92 Å². The molecule has 0 radical (unpaired) electrons. The maximum atomic E-state index is 9.15. The Balaban J connectivity index is 2.18. The van der Waals surface area contributed by atoms with Crippen LogP contribution in [0.2, 0.25) is 0 Å². The molecule has 3 nitrogen and oxygen atoms in total. The Bertz CT molecular complexity index is 374. The van der Waals surface area contributed by atoms with Crippen molar-refractivity contribution < 1.29 is 5.11 Å². The summed E-state index contributed by atoms with van der Waals surface area (Å²) in [6.07, 6.45) is 2.52. The molecule has 0 aromatic heterocycles. The zero-order chi connectivity index (χ0) is 12.3. The van der Waals surface area contributed by atoms with E-state index in [-0.39, 0.29) is 6.61 Å². The summed E-state index contributed by atoms with van der Waals surface area (Å²) in [7, 11) is 1.96. The number of hydrogen-bond acceptors (Lipinski definition) is 3. The van der Waals surface area contributed by atoms with Crippen molar-refractivity contribution >= 4 is 5.69 Å². The first-order chi connectivity index (χ1) is 8.26. The van der Waals surface area contributed by atoms with Crippen molar-refractivity contribution in [3.05, 3.63) is 29.3 Å². The van der Waals surface area contributed by atoms with Crippen LogP contribution in [0.25, 0.3) is 0 Å². The zero-order valence-electron chi connectivity index (χ0n) is 10.7. The van der Waals surface area contributed by atoms with Gasteiger partial charge in [-0.15, -0.1) is 0 Å². The molecular weight excluding hydrogens is 212 g/mol. The maximum Gasteiger partial charge on any atom is 0.0606 e. The van der Waals surface area contributed by atoms with Gasteiger partial charge in [0.25, 0.3) is 0 Å². The summed E-state index contributed by atoms with van der Waals surface area (Å²) < 4.78 is 0. The number of anilines is 1. The Labute approximate surface area is 103 Å². The fourth-order valence-corrected chi connectivity index (χ4v) is 2.35. The molecule has 0 amide bonds. The molecule has 94 valence electrons. The van der Waals surface area contributed by atoms with E-state index in [2.05, 4.69) is 35.3 Å². The van der Waals surface area contributed by atoms with Gasteiger partial charge in [0.2, 0.25) is 0 Å². The molecule has 0 saturated heterocycles. The molecule has 0 aliphatic heterocycles. The van der Waals surface area contributed by atoms with E-state index in [0.717, 1.165) is 13.1 Å². The Morgan fingerprint density at radius 3 is 2.71 bits per heavy atom. The number of hydrogen-bond donors (Lipinski definition) is 2. The highest BCUT2D eigenvalue weighted by Crippen LogP contribution is 2.33. The molecule has 0 unspecified atom stereocenters. The van der Waals surface area contributed by atoms with Crippen molar-refractivity contribution in [2.45, 2.75) is 32.4 Å². The predicted molar refractivity (Wildman–Crippen MR) is 71.4 cm³/mol. The second-order valence-corrected chi connectivity index (χ2v) is 4.80. The highest BCUT2D eigenvalue weighted by molar-refractivity contribution is 5.56. The van der Waals surface area contributed by atoms with Gasteiger partial charge in [0.15, 0.2) is 0 Å². The zero-order valence-corrected chi connectivity index (χ0v) is 10.7. The smallest absolute Gasteiger partial charge is 0.0606 e. The first-order valence-corrected chi connectivity index (χ1v) is 6.38. The van der Waals surface area contributed by atoms with E-state index >= 15 is 0 Å². The molecule has 1 aliphatic rings. The SMILES string of the molecule is CNCc1ccc(N(CCO)C2CC2)c(C)c1. The third kappa shape index (κ3) is 2.99. The van der Waals surface area contributed by atoms with E-state index in [1.165, 1.54) is 29.7 Å². The minimum Gasteiger partial charge on any atom is -0.395 e. The van der Waals surface area contributed by atoms with E-state index in [0.29, 0.717) is 6.04 Å². The summed E-state index contributed by atoms with van der Waals surface area (Å²) >= 11 is 0. The average Bonchev–Trinajstić information content (AvgIpc) is 3.11. The Morgan fingerprint density at radius 2 is 2.18 bits per heavy atom. The molecule has 0 atom stereocenters.